The van der Waals surface area contributed by atoms with Crippen LogP contribution in [0.25, 0.3) is 0 Å². The number of carboxylic acid groups (broad SMARTS) is 1. The van der Waals surface area contributed by atoms with Crippen LogP contribution < -0.4 is 10.6 Å². The lowest BCUT2D eigenvalue weighted by molar-refractivity contribution is -0.139. The van der Waals surface area contributed by atoms with Crippen LogP contribution in [0.4, 0.5) is 4.79 Å². The smallest absolute Gasteiger partial charge is 0.317 e. The Bertz CT molecular complexity index is 612. The van der Waals surface area contributed by atoms with Crippen LogP contribution in [0, 0.1) is 0 Å². The van der Waals surface area contributed by atoms with Gasteiger partial charge >= 0.3 is 12.0 Å². The first kappa shape index (κ1) is 19.5. The molecule has 0 heterocycles. The third-order valence-corrected chi connectivity index (χ3v) is 4.95. The van der Waals surface area contributed by atoms with Gasteiger partial charge in [0.15, 0.2) is 0 Å². The summed E-state index contributed by atoms with van der Waals surface area (Å²) in [5.41, 5.74) is 0.452. The van der Waals surface area contributed by atoms with E-state index < -0.39 is 11.5 Å². The third-order valence-electron chi connectivity index (χ3n) is 4.70. The summed E-state index contributed by atoms with van der Waals surface area (Å²) in [6.45, 7) is 6.56. The molecule has 1 aliphatic rings. The molecule has 0 aliphatic heterocycles. The SMILES string of the molecule is CCN(CC(=O)O)C1CC(NC(=O)NC(C)(C)c2ccc(Cl)cc2)C1. The molecular weight excluding hydrogens is 342 g/mol. The second-order valence-corrected chi connectivity index (χ2v) is 7.45. The number of nitrogens with one attached hydrogen (secondary N) is 2. The molecule has 25 heavy (non-hydrogen) atoms. The fraction of sp³-hybridized carbons (Fsp3) is 0.556. The van der Waals surface area contributed by atoms with Crippen LogP contribution in [-0.4, -0.2) is 47.2 Å². The van der Waals surface area contributed by atoms with Crippen LogP contribution in [0.5, 0.6) is 0 Å². The van der Waals surface area contributed by atoms with E-state index in [4.69, 9.17) is 16.7 Å². The number of hydrogen-bond donors (Lipinski definition) is 3. The molecule has 1 saturated carbocycles. The molecule has 2 rings (SSSR count). The molecule has 7 heteroatoms. The van der Waals surface area contributed by atoms with Crippen molar-refractivity contribution in [3.8, 4) is 0 Å². The van der Waals surface area contributed by atoms with Crippen molar-refractivity contribution in [2.75, 3.05) is 13.1 Å². The normalized spacial score (nSPS) is 20.0. The van der Waals surface area contributed by atoms with Gasteiger partial charge in [0.1, 0.15) is 0 Å². The average molecular weight is 368 g/mol. The first-order valence-electron chi connectivity index (χ1n) is 8.52. The number of carbonyl (C=O) groups excluding carboxylic acids is 1. The van der Waals surface area contributed by atoms with E-state index in [1.807, 2.05) is 37.8 Å². The van der Waals surface area contributed by atoms with E-state index in [1.165, 1.54) is 0 Å². The first-order valence-corrected chi connectivity index (χ1v) is 8.89. The molecule has 6 nitrogen and oxygen atoms in total. The molecule has 0 bridgehead atoms. The van der Waals surface area contributed by atoms with E-state index in [2.05, 4.69) is 10.6 Å². The zero-order valence-corrected chi connectivity index (χ0v) is 15.6. The summed E-state index contributed by atoms with van der Waals surface area (Å²) in [4.78, 5) is 25.1. The molecule has 3 N–H and O–H groups in total. The molecule has 1 fully saturated rings. The summed E-state index contributed by atoms with van der Waals surface area (Å²) in [6, 6.07) is 7.47. The Kier molecular flexibility index (Phi) is 6.30. The highest BCUT2D eigenvalue weighted by atomic mass is 35.5. The van der Waals surface area contributed by atoms with Crippen molar-refractivity contribution in [3.63, 3.8) is 0 Å². The van der Waals surface area contributed by atoms with Crippen molar-refractivity contribution < 1.29 is 14.7 Å². The van der Waals surface area contributed by atoms with Gasteiger partial charge < -0.3 is 15.7 Å². The van der Waals surface area contributed by atoms with E-state index in [9.17, 15) is 9.59 Å². The maximum atomic E-state index is 12.3. The lowest BCUT2D eigenvalue weighted by Crippen LogP contribution is -2.57. The first-order chi connectivity index (χ1) is 11.7. The fourth-order valence-corrected chi connectivity index (χ4v) is 3.25. The van der Waals surface area contributed by atoms with Gasteiger partial charge in [-0.05, 0) is 50.9 Å². The number of likely N-dealkylation sites (N-methyl/N-ethyl adjacent to an activating group) is 1. The molecule has 0 atom stereocenters. The van der Waals surface area contributed by atoms with Gasteiger partial charge in [-0.25, -0.2) is 4.79 Å². The Labute approximate surface area is 153 Å². The second kappa shape index (κ2) is 8.06. The Morgan fingerprint density at radius 1 is 1.28 bits per heavy atom. The number of halogens is 1. The summed E-state index contributed by atoms with van der Waals surface area (Å²) in [5.74, 6) is -0.819. The average Bonchev–Trinajstić information content (AvgIpc) is 2.48. The summed E-state index contributed by atoms with van der Waals surface area (Å²) in [6.07, 6.45) is 1.55. The van der Waals surface area contributed by atoms with Crippen molar-refractivity contribution >= 4 is 23.6 Å². The van der Waals surface area contributed by atoms with E-state index in [0.29, 0.717) is 11.6 Å². The van der Waals surface area contributed by atoms with E-state index >= 15 is 0 Å². The fourth-order valence-electron chi connectivity index (χ4n) is 3.12. The van der Waals surface area contributed by atoms with E-state index in [0.717, 1.165) is 18.4 Å². The van der Waals surface area contributed by atoms with Gasteiger partial charge in [0, 0.05) is 17.1 Å². The molecule has 1 aliphatic carbocycles. The van der Waals surface area contributed by atoms with Crippen molar-refractivity contribution in [1.29, 1.82) is 0 Å². The summed E-state index contributed by atoms with van der Waals surface area (Å²) >= 11 is 5.90. The van der Waals surface area contributed by atoms with Gasteiger partial charge in [0.2, 0.25) is 0 Å². The Morgan fingerprint density at radius 2 is 1.88 bits per heavy atom. The number of hydrogen-bond acceptors (Lipinski definition) is 3. The van der Waals surface area contributed by atoms with Gasteiger partial charge in [0.05, 0.1) is 12.1 Å². The van der Waals surface area contributed by atoms with Crippen molar-refractivity contribution in [3.05, 3.63) is 34.9 Å². The van der Waals surface area contributed by atoms with Gasteiger partial charge in [-0.1, -0.05) is 30.7 Å². The highest BCUT2D eigenvalue weighted by molar-refractivity contribution is 6.30. The number of urea groups is 1. The maximum absolute atomic E-state index is 12.3. The number of carbonyl (C=O) groups is 2. The third kappa shape index (κ3) is 5.34. The van der Waals surface area contributed by atoms with Crippen molar-refractivity contribution in [2.45, 2.75) is 51.2 Å². The number of nitrogens with zero attached hydrogens (tertiary/aromatic N) is 1. The van der Waals surface area contributed by atoms with E-state index in [1.54, 1.807) is 12.1 Å². The van der Waals surface area contributed by atoms with Gasteiger partial charge in [-0.15, -0.1) is 0 Å². The predicted molar refractivity (Wildman–Crippen MR) is 97.8 cm³/mol. The molecule has 0 spiro atoms. The van der Waals surface area contributed by atoms with Gasteiger partial charge in [0.25, 0.3) is 0 Å². The molecular formula is C18H26ClN3O3. The minimum Gasteiger partial charge on any atom is -0.480 e. The van der Waals surface area contributed by atoms with Crippen LogP contribution in [-0.2, 0) is 10.3 Å². The largest absolute Gasteiger partial charge is 0.480 e. The summed E-state index contributed by atoms with van der Waals surface area (Å²) in [5, 5.41) is 15.5. The van der Waals surface area contributed by atoms with Crippen LogP contribution in [0.2, 0.25) is 5.02 Å². The molecule has 2 amide bonds. The lowest BCUT2D eigenvalue weighted by Gasteiger charge is -2.42. The molecule has 0 radical (unpaired) electrons. The molecule has 1 aromatic rings. The van der Waals surface area contributed by atoms with Crippen molar-refractivity contribution in [2.24, 2.45) is 0 Å². The highest BCUT2D eigenvalue weighted by Crippen LogP contribution is 2.26. The quantitative estimate of drug-likeness (QED) is 0.692. The Morgan fingerprint density at radius 3 is 2.40 bits per heavy atom. The number of rotatable bonds is 7. The van der Waals surface area contributed by atoms with E-state index in [-0.39, 0.29) is 24.7 Å². The van der Waals surface area contributed by atoms with Crippen molar-refractivity contribution in [1.82, 2.24) is 15.5 Å². The number of aliphatic carboxylic acids is 1. The molecule has 1 aromatic carbocycles. The Hall–Kier alpha value is -1.79. The monoisotopic (exact) mass is 367 g/mol. The lowest BCUT2D eigenvalue weighted by atomic mass is 9.85. The number of carboxylic acids is 1. The molecule has 0 saturated heterocycles. The number of amides is 2. The van der Waals surface area contributed by atoms with Crippen LogP contribution in [0.3, 0.4) is 0 Å². The predicted octanol–water partition coefficient (Wildman–Crippen LogP) is 2.81. The Balaban J connectivity index is 1.81. The molecule has 0 aromatic heterocycles. The second-order valence-electron chi connectivity index (χ2n) is 7.01. The standard InChI is InChI=1S/C18H26ClN3O3/c1-4-22(11-16(23)24)15-9-14(10-15)20-17(25)21-18(2,3)12-5-7-13(19)8-6-12/h5-8,14-15H,4,9-11H2,1-3H3,(H,23,24)(H2,20,21,25). The molecule has 0 unspecified atom stereocenters. The summed E-state index contributed by atoms with van der Waals surface area (Å²) < 4.78 is 0. The zero-order chi connectivity index (χ0) is 18.6. The topological polar surface area (TPSA) is 81.7 Å². The minimum atomic E-state index is -0.819. The zero-order valence-electron chi connectivity index (χ0n) is 14.9. The highest BCUT2D eigenvalue weighted by Gasteiger charge is 2.35. The maximum Gasteiger partial charge on any atom is 0.317 e. The van der Waals surface area contributed by atoms with Gasteiger partial charge in [-0.3, -0.25) is 9.69 Å². The van der Waals surface area contributed by atoms with Crippen LogP contribution in [0.15, 0.2) is 24.3 Å². The number of benzene rings is 1. The van der Waals surface area contributed by atoms with Crippen LogP contribution in [0.1, 0.15) is 39.2 Å². The summed E-state index contributed by atoms with van der Waals surface area (Å²) in [7, 11) is 0. The van der Waals surface area contributed by atoms with Crippen LogP contribution >= 0.6 is 11.6 Å². The molecule has 138 valence electrons. The van der Waals surface area contributed by atoms with Gasteiger partial charge in [-0.2, -0.15) is 0 Å². The minimum absolute atomic E-state index is 0.0453.